The lowest BCUT2D eigenvalue weighted by atomic mass is 9.68. The Hall–Kier alpha value is -1.52. The summed E-state index contributed by atoms with van der Waals surface area (Å²) in [6.45, 7) is 1.95. The molecule has 0 spiro atoms. The van der Waals surface area contributed by atoms with Crippen molar-refractivity contribution >= 4 is 5.97 Å². The lowest BCUT2D eigenvalue weighted by molar-refractivity contribution is -0.381. The summed E-state index contributed by atoms with van der Waals surface area (Å²) in [5.41, 5.74) is -13.7. The largest absolute Gasteiger partial charge is 0.460 e. The lowest BCUT2D eigenvalue weighted by Gasteiger charge is -2.44. The van der Waals surface area contributed by atoms with E-state index in [1.165, 1.54) is 6.92 Å². The highest BCUT2D eigenvalue weighted by molar-refractivity contribution is 5.79. The highest BCUT2D eigenvalue weighted by atomic mass is 19.4. The monoisotopic (exact) mass is 574 g/mol. The van der Waals surface area contributed by atoms with Crippen LogP contribution in [0.5, 0.6) is 0 Å². The molecular weight excluding hydrogens is 551 g/mol. The molecule has 2 aliphatic carbocycles. The van der Waals surface area contributed by atoms with Crippen LogP contribution in [0.25, 0.3) is 0 Å². The number of carbonyl (C=O) groups excluding carboxylic acids is 1. The van der Waals surface area contributed by atoms with E-state index in [4.69, 9.17) is 4.74 Å². The number of hydrogen-bond donors (Lipinski definition) is 2. The molecule has 37 heavy (non-hydrogen) atoms. The van der Waals surface area contributed by atoms with E-state index in [9.17, 15) is 72.1 Å². The molecule has 2 N–H and O–H groups in total. The molecule has 17 heteroatoms. The van der Waals surface area contributed by atoms with E-state index in [2.05, 4.69) is 0 Å². The molecule has 0 aliphatic heterocycles. The summed E-state index contributed by atoms with van der Waals surface area (Å²) in [6, 6.07) is 0. The van der Waals surface area contributed by atoms with Gasteiger partial charge in [0.15, 0.2) is 0 Å². The molecule has 0 aromatic heterocycles. The number of esters is 1. The van der Waals surface area contributed by atoms with Crippen LogP contribution >= 0.6 is 0 Å². The average molecular weight is 574 g/mol. The molecule has 6 atom stereocenters. The van der Waals surface area contributed by atoms with Gasteiger partial charge in [-0.3, -0.25) is 0 Å². The summed E-state index contributed by atoms with van der Waals surface area (Å²) in [7, 11) is 0. The first-order valence-corrected chi connectivity index (χ1v) is 10.8. The van der Waals surface area contributed by atoms with E-state index >= 15 is 0 Å². The predicted octanol–water partition coefficient (Wildman–Crippen LogP) is 5.80. The number of hydrogen-bond acceptors (Lipinski definition) is 4. The van der Waals surface area contributed by atoms with Gasteiger partial charge in [-0.05, 0) is 62.7 Å². The SMILES string of the molecule is CCC(C)(F)C(=O)OC1CC2CC1C(CC(O)(C(F)(F)F)C(F)(F)F)C2CC(O)(C(F)(F)F)C(F)(F)F. The maximum Gasteiger partial charge on any atom is 0.426 e. The van der Waals surface area contributed by atoms with Crippen molar-refractivity contribution in [1.29, 1.82) is 0 Å². The molecule has 0 aromatic rings. The second-order valence-electron chi connectivity index (χ2n) is 9.84. The van der Waals surface area contributed by atoms with Gasteiger partial charge in [0, 0.05) is 0 Å². The Labute approximate surface area is 201 Å². The minimum atomic E-state index is -6.45. The third-order valence-electron chi connectivity index (χ3n) is 7.58. The lowest BCUT2D eigenvalue weighted by Crippen LogP contribution is -2.61. The van der Waals surface area contributed by atoms with Gasteiger partial charge in [0.1, 0.15) is 6.10 Å². The van der Waals surface area contributed by atoms with Crippen LogP contribution in [0.2, 0.25) is 0 Å². The topological polar surface area (TPSA) is 66.8 Å². The van der Waals surface area contributed by atoms with Gasteiger partial charge in [-0.1, -0.05) is 6.92 Å². The highest BCUT2D eigenvalue weighted by Gasteiger charge is 2.75. The van der Waals surface area contributed by atoms with E-state index in [0.717, 1.165) is 6.92 Å². The summed E-state index contributed by atoms with van der Waals surface area (Å²) in [6.07, 6.45) is -33.8. The third kappa shape index (κ3) is 5.48. The molecule has 2 bridgehead atoms. The second kappa shape index (κ2) is 9.30. The smallest absolute Gasteiger partial charge is 0.426 e. The summed E-state index contributed by atoms with van der Waals surface area (Å²) in [5.74, 6) is -9.37. The molecule has 0 saturated heterocycles. The molecule has 2 saturated carbocycles. The zero-order valence-corrected chi connectivity index (χ0v) is 19.0. The van der Waals surface area contributed by atoms with Crippen LogP contribution in [0.3, 0.4) is 0 Å². The van der Waals surface area contributed by atoms with Gasteiger partial charge < -0.3 is 14.9 Å². The van der Waals surface area contributed by atoms with Crippen LogP contribution in [0, 0.1) is 23.7 Å². The fraction of sp³-hybridized carbons (Fsp3) is 0.950. The number of fused-ring (bicyclic) bond motifs is 2. The van der Waals surface area contributed by atoms with E-state index in [0.29, 0.717) is 0 Å². The van der Waals surface area contributed by atoms with E-state index in [1.807, 2.05) is 0 Å². The van der Waals surface area contributed by atoms with Crippen LogP contribution in [0.4, 0.5) is 57.1 Å². The van der Waals surface area contributed by atoms with Crippen molar-refractivity contribution in [2.45, 2.75) is 93.6 Å². The number of alkyl halides is 13. The van der Waals surface area contributed by atoms with Crippen molar-refractivity contribution in [3.63, 3.8) is 0 Å². The summed E-state index contributed by atoms with van der Waals surface area (Å²) < 4.78 is 179. The zero-order valence-electron chi connectivity index (χ0n) is 19.0. The molecular formula is C20H23F13O4. The van der Waals surface area contributed by atoms with Crippen LogP contribution in [-0.2, 0) is 9.53 Å². The van der Waals surface area contributed by atoms with Crippen LogP contribution < -0.4 is 0 Å². The fourth-order valence-corrected chi connectivity index (χ4v) is 5.17. The molecule has 6 unspecified atom stereocenters. The van der Waals surface area contributed by atoms with E-state index < -0.39 is 109 Å². The first-order chi connectivity index (χ1) is 16.2. The normalized spacial score (nSPS) is 29.4. The molecule has 0 heterocycles. The Bertz CT molecular complexity index is 815. The third-order valence-corrected chi connectivity index (χ3v) is 7.58. The van der Waals surface area contributed by atoms with Crippen molar-refractivity contribution < 1.29 is 76.8 Å². The Kier molecular flexibility index (Phi) is 7.96. The number of rotatable bonds is 7. The average Bonchev–Trinajstić information content (AvgIpc) is 3.23. The van der Waals surface area contributed by atoms with Crippen molar-refractivity contribution in [1.82, 2.24) is 0 Å². The van der Waals surface area contributed by atoms with Gasteiger partial charge in [0.25, 0.3) is 11.2 Å². The first-order valence-electron chi connectivity index (χ1n) is 10.8. The van der Waals surface area contributed by atoms with Gasteiger partial charge in [-0.15, -0.1) is 0 Å². The van der Waals surface area contributed by atoms with Crippen LogP contribution in [-0.4, -0.2) is 63.9 Å². The Balaban J connectivity index is 2.54. The minimum Gasteiger partial charge on any atom is -0.460 e. The van der Waals surface area contributed by atoms with Crippen molar-refractivity contribution in [3.8, 4) is 0 Å². The van der Waals surface area contributed by atoms with Crippen molar-refractivity contribution in [2.24, 2.45) is 23.7 Å². The quantitative estimate of drug-likeness (QED) is 0.298. The zero-order chi connectivity index (χ0) is 29.2. The Morgan fingerprint density at radius 2 is 1.11 bits per heavy atom. The standard InChI is InChI=1S/C20H23F13O4/c1-3-14(2,21)13(34)37-12-5-8-4-9(12)11(7-16(36,19(28,29)30)20(31,32)33)10(8)6-15(35,17(22,23)24)18(25,26)27/h8-12,35-36H,3-7H2,1-2H3. The van der Waals surface area contributed by atoms with Crippen molar-refractivity contribution in [3.05, 3.63) is 0 Å². The van der Waals surface area contributed by atoms with Gasteiger partial charge >= 0.3 is 30.7 Å². The first kappa shape index (κ1) is 31.7. The van der Waals surface area contributed by atoms with Crippen LogP contribution in [0.15, 0.2) is 0 Å². The molecule has 0 aromatic carbocycles. The molecule has 0 radical (unpaired) electrons. The van der Waals surface area contributed by atoms with Gasteiger partial charge in [-0.2, -0.15) is 52.7 Å². The predicted molar refractivity (Wildman–Crippen MR) is 96.2 cm³/mol. The molecule has 2 rings (SSSR count). The second-order valence-corrected chi connectivity index (χ2v) is 9.84. The summed E-state index contributed by atoms with van der Waals surface area (Å²) in [5, 5.41) is 19.2. The molecule has 2 fully saturated rings. The number of ether oxygens (including phenoxy) is 1. The Morgan fingerprint density at radius 1 is 0.730 bits per heavy atom. The molecule has 4 nitrogen and oxygen atoms in total. The van der Waals surface area contributed by atoms with Gasteiger partial charge in [0.05, 0.1) is 0 Å². The number of carbonyl (C=O) groups is 1. The van der Waals surface area contributed by atoms with E-state index in [1.54, 1.807) is 0 Å². The summed E-state index contributed by atoms with van der Waals surface area (Å²) in [4.78, 5) is 12.1. The van der Waals surface area contributed by atoms with Crippen molar-refractivity contribution in [2.75, 3.05) is 0 Å². The number of halogens is 13. The minimum absolute atomic E-state index is 0.467. The van der Waals surface area contributed by atoms with Gasteiger partial charge in [0.2, 0.25) is 5.67 Å². The molecule has 0 amide bonds. The molecule has 2 aliphatic rings. The fourth-order valence-electron chi connectivity index (χ4n) is 5.17. The maximum atomic E-state index is 14.3. The summed E-state index contributed by atoms with van der Waals surface area (Å²) >= 11 is 0. The maximum absolute atomic E-state index is 14.3. The van der Waals surface area contributed by atoms with Crippen LogP contribution in [0.1, 0.15) is 46.0 Å². The van der Waals surface area contributed by atoms with E-state index in [-0.39, 0.29) is 0 Å². The Morgan fingerprint density at radius 3 is 1.46 bits per heavy atom. The number of aliphatic hydroxyl groups is 2. The molecule has 218 valence electrons. The highest BCUT2D eigenvalue weighted by Crippen LogP contribution is 2.62. The van der Waals surface area contributed by atoms with Gasteiger partial charge in [-0.25, -0.2) is 9.18 Å².